The number of carbonyl (C=O) groups excluding carboxylic acids is 1. The molecule has 1 aromatic heterocycles. The molecule has 1 heterocycles. The van der Waals surface area contributed by atoms with Crippen LogP contribution in [-0.2, 0) is 16.0 Å². The highest BCUT2D eigenvalue weighted by atomic mass is 16.5. The van der Waals surface area contributed by atoms with Crippen LogP contribution in [0.2, 0.25) is 0 Å². The lowest BCUT2D eigenvalue weighted by Gasteiger charge is -2.07. The molecule has 0 spiro atoms. The summed E-state index contributed by atoms with van der Waals surface area (Å²) in [7, 11) is 1.36. The highest BCUT2D eigenvalue weighted by Crippen LogP contribution is 2.15. The Morgan fingerprint density at radius 3 is 2.84 bits per heavy atom. The number of nitrogens with one attached hydrogen (secondary N) is 1. The van der Waals surface area contributed by atoms with Crippen molar-refractivity contribution in [3.8, 4) is 0 Å². The average molecular weight is 269 g/mol. The summed E-state index contributed by atoms with van der Waals surface area (Å²) in [5, 5.41) is 3.25. The minimum absolute atomic E-state index is 0.273. The van der Waals surface area contributed by atoms with Crippen LogP contribution in [0.4, 0.5) is 0 Å². The number of carbonyl (C=O) groups is 1. The van der Waals surface area contributed by atoms with Crippen molar-refractivity contribution in [3.63, 3.8) is 0 Å². The van der Waals surface area contributed by atoms with Crippen molar-refractivity contribution >= 4 is 5.97 Å². The van der Waals surface area contributed by atoms with Crippen molar-refractivity contribution in [2.45, 2.75) is 39.8 Å². The van der Waals surface area contributed by atoms with Crippen LogP contribution in [-0.4, -0.2) is 32.3 Å². The van der Waals surface area contributed by atoms with Crippen molar-refractivity contribution in [2.75, 3.05) is 20.3 Å². The van der Waals surface area contributed by atoms with Gasteiger partial charge in [-0.3, -0.25) is 0 Å². The van der Waals surface area contributed by atoms with Gasteiger partial charge in [0.05, 0.1) is 19.8 Å². The zero-order chi connectivity index (χ0) is 14.3. The van der Waals surface area contributed by atoms with E-state index >= 15 is 0 Å². The SMILES string of the molecule is COC(=O)c1cc(CNCCCOC(C)C)oc1C. The number of furan rings is 1. The molecule has 0 aromatic carbocycles. The quantitative estimate of drug-likeness (QED) is 0.579. The number of ether oxygens (including phenoxy) is 2. The summed E-state index contributed by atoms with van der Waals surface area (Å²) in [4.78, 5) is 11.4. The van der Waals surface area contributed by atoms with Crippen molar-refractivity contribution in [3.05, 3.63) is 23.2 Å². The van der Waals surface area contributed by atoms with E-state index in [-0.39, 0.29) is 12.1 Å². The number of esters is 1. The Labute approximate surface area is 114 Å². The third-order valence-corrected chi connectivity index (χ3v) is 2.62. The van der Waals surface area contributed by atoms with E-state index in [0.29, 0.717) is 17.9 Å². The third-order valence-electron chi connectivity index (χ3n) is 2.62. The van der Waals surface area contributed by atoms with Gasteiger partial charge in [-0.1, -0.05) is 0 Å². The van der Waals surface area contributed by atoms with Crippen molar-refractivity contribution in [2.24, 2.45) is 0 Å². The Morgan fingerprint density at radius 2 is 2.21 bits per heavy atom. The lowest BCUT2D eigenvalue weighted by atomic mass is 10.2. The van der Waals surface area contributed by atoms with Crippen LogP contribution < -0.4 is 5.32 Å². The Bertz CT molecular complexity index is 398. The summed E-state index contributed by atoms with van der Waals surface area (Å²) in [6, 6.07) is 1.72. The van der Waals surface area contributed by atoms with E-state index in [1.165, 1.54) is 7.11 Å². The zero-order valence-electron chi connectivity index (χ0n) is 12.1. The van der Waals surface area contributed by atoms with Gasteiger partial charge in [-0.25, -0.2) is 4.79 Å². The van der Waals surface area contributed by atoms with E-state index in [2.05, 4.69) is 10.1 Å². The van der Waals surface area contributed by atoms with Gasteiger partial charge in [-0.2, -0.15) is 0 Å². The predicted octanol–water partition coefficient (Wildman–Crippen LogP) is 2.28. The Kier molecular flexibility index (Phi) is 6.59. The van der Waals surface area contributed by atoms with E-state index in [4.69, 9.17) is 9.15 Å². The van der Waals surface area contributed by atoms with Gasteiger partial charge in [0.25, 0.3) is 0 Å². The van der Waals surface area contributed by atoms with Gasteiger partial charge >= 0.3 is 5.97 Å². The summed E-state index contributed by atoms with van der Waals surface area (Å²) in [5.74, 6) is 0.965. The predicted molar refractivity (Wildman–Crippen MR) is 72.2 cm³/mol. The fourth-order valence-corrected chi connectivity index (χ4v) is 1.67. The van der Waals surface area contributed by atoms with Gasteiger partial charge in [0.1, 0.15) is 17.1 Å². The minimum atomic E-state index is -0.363. The maximum Gasteiger partial charge on any atom is 0.341 e. The van der Waals surface area contributed by atoms with E-state index in [9.17, 15) is 4.79 Å². The maximum atomic E-state index is 11.4. The molecule has 0 saturated carbocycles. The van der Waals surface area contributed by atoms with Crippen LogP contribution in [0.3, 0.4) is 0 Å². The summed E-state index contributed by atoms with van der Waals surface area (Å²) in [6.07, 6.45) is 1.22. The minimum Gasteiger partial charge on any atom is -0.465 e. The molecule has 5 nitrogen and oxygen atoms in total. The van der Waals surface area contributed by atoms with Crippen molar-refractivity contribution in [1.82, 2.24) is 5.32 Å². The lowest BCUT2D eigenvalue weighted by molar-refractivity contribution is 0.0598. The smallest absolute Gasteiger partial charge is 0.341 e. The molecule has 0 atom stereocenters. The molecule has 108 valence electrons. The number of hydrogen-bond donors (Lipinski definition) is 1. The fourth-order valence-electron chi connectivity index (χ4n) is 1.67. The van der Waals surface area contributed by atoms with Gasteiger partial charge in [0.2, 0.25) is 0 Å². The van der Waals surface area contributed by atoms with Gasteiger partial charge in [0.15, 0.2) is 0 Å². The highest BCUT2D eigenvalue weighted by Gasteiger charge is 2.14. The van der Waals surface area contributed by atoms with E-state index in [1.54, 1.807) is 13.0 Å². The summed E-state index contributed by atoms with van der Waals surface area (Å²) >= 11 is 0. The van der Waals surface area contributed by atoms with Crippen LogP contribution in [0.15, 0.2) is 10.5 Å². The molecule has 0 radical (unpaired) electrons. The maximum absolute atomic E-state index is 11.4. The van der Waals surface area contributed by atoms with E-state index in [0.717, 1.165) is 25.3 Å². The van der Waals surface area contributed by atoms with Gasteiger partial charge in [0, 0.05) is 6.61 Å². The third kappa shape index (κ3) is 5.44. The topological polar surface area (TPSA) is 60.7 Å². The average Bonchev–Trinajstić information content (AvgIpc) is 2.73. The molecule has 0 bridgehead atoms. The molecule has 1 rings (SSSR count). The van der Waals surface area contributed by atoms with Crippen LogP contribution in [0.1, 0.15) is 42.1 Å². The molecule has 0 aliphatic carbocycles. The Hall–Kier alpha value is -1.33. The second-order valence-electron chi connectivity index (χ2n) is 4.62. The highest BCUT2D eigenvalue weighted by molar-refractivity contribution is 5.90. The molecular weight excluding hydrogens is 246 g/mol. The Morgan fingerprint density at radius 1 is 1.47 bits per heavy atom. The number of rotatable bonds is 8. The fraction of sp³-hybridized carbons (Fsp3) is 0.643. The Balaban J connectivity index is 2.28. The van der Waals surface area contributed by atoms with Crippen molar-refractivity contribution < 1.29 is 18.7 Å². The molecule has 1 N–H and O–H groups in total. The summed E-state index contributed by atoms with van der Waals surface area (Å²) in [6.45, 7) is 7.99. The summed E-state index contributed by atoms with van der Waals surface area (Å²) < 4.78 is 15.6. The first-order chi connectivity index (χ1) is 9.04. The van der Waals surface area contributed by atoms with Gasteiger partial charge < -0.3 is 19.2 Å². The van der Waals surface area contributed by atoms with Crippen LogP contribution in [0, 0.1) is 6.92 Å². The molecule has 0 aliphatic rings. The second kappa shape index (κ2) is 7.96. The van der Waals surface area contributed by atoms with Crippen LogP contribution >= 0.6 is 0 Å². The van der Waals surface area contributed by atoms with Crippen LogP contribution in [0.5, 0.6) is 0 Å². The molecule has 1 aromatic rings. The second-order valence-corrected chi connectivity index (χ2v) is 4.62. The first kappa shape index (κ1) is 15.7. The lowest BCUT2D eigenvalue weighted by Crippen LogP contribution is -2.17. The molecule has 0 aliphatic heterocycles. The van der Waals surface area contributed by atoms with Gasteiger partial charge in [-0.05, 0) is 39.8 Å². The largest absolute Gasteiger partial charge is 0.465 e. The monoisotopic (exact) mass is 269 g/mol. The molecule has 5 heteroatoms. The molecule has 0 fully saturated rings. The van der Waals surface area contributed by atoms with E-state index < -0.39 is 0 Å². The zero-order valence-corrected chi connectivity index (χ0v) is 12.1. The number of aryl methyl sites for hydroxylation is 1. The first-order valence-corrected chi connectivity index (χ1v) is 6.54. The van der Waals surface area contributed by atoms with Crippen molar-refractivity contribution in [1.29, 1.82) is 0 Å². The first-order valence-electron chi connectivity index (χ1n) is 6.54. The van der Waals surface area contributed by atoms with Crippen LogP contribution in [0.25, 0.3) is 0 Å². The van der Waals surface area contributed by atoms with Gasteiger partial charge in [-0.15, -0.1) is 0 Å². The molecule has 19 heavy (non-hydrogen) atoms. The standard InChI is InChI=1S/C14H23NO4/c1-10(2)18-7-5-6-15-9-12-8-13(11(3)19-12)14(16)17-4/h8,10,15H,5-7,9H2,1-4H3. The normalized spacial score (nSPS) is 11.0. The molecular formula is C14H23NO4. The molecule has 0 saturated heterocycles. The molecule has 0 amide bonds. The van der Waals surface area contributed by atoms with E-state index in [1.807, 2.05) is 13.8 Å². The molecule has 0 unspecified atom stereocenters. The number of methoxy groups -OCH3 is 1. The summed E-state index contributed by atoms with van der Waals surface area (Å²) in [5.41, 5.74) is 0.488. The number of hydrogen-bond acceptors (Lipinski definition) is 5.